The minimum absolute atomic E-state index is 0.00347. The topological polar surface area (TPSA) is 122 Å². The first kappa shape index (κ1) is 36.0. The summed E-state index contributed by atoms with van der Waals surface area (Å²) in [5.41, 5.74) is -0.906. The molecular weight excluding hydrogens is 747 g/mol. The lowest BCUT2D eigenvalue weighted by Gasteiger charge is -2.41. The molecule has 0 radical (unpaired) electrons. The Morgan fingerprint density at radius 3 is 2.72 bits per heavy atom. The minimum Gasteiger partial charge on any atom is -0.508 e. The highest BCUT2D eigenvalue weighted by molar-refractivity contribution is 6.03. The highest BCUT2D eigenvalue weighted by atomic mass is 19.4. The predicted molar refractivity (Wildman–Crippen MR) is 199 cm³/mol. The van der Waals surface area contributed by atoms with Crippen LogP contribution in [0, 0.1) is 24.0 Å². The summed E-state index contributed by atoms with van der Waals surface area (Å²) < 4.78 is 84.5. The number of ether oxygens (including phenoxy) is 2. The van der Waals surface area contributed by atoms with Crippen molar-refractivity contribution >= 4 is 27.5 Å². The van der Waals surface area contributed by atoms with E-state index in [0.29, 0.717) is 35.2 Å². The van der Waals surface area contributed by atoms with Crippen LogP contribution < -0.4 is 19.7 Å². The van der Waals surface area contributed by atoms with E-state index in [0.717, 1.165) is 63.9 Å². The molecular formula is C41H37F5N8O3. The van der Waals surface area contributed by atoms with Crippen molar-refractivity contribution in [3.63, 3.8) is 0 Å². The Bertz CT molecular complexity index is 2500. The zero-order valence-electron chi connectivity index (χ0n) is 30.6. The molecule has 0 saturated carbocycles. The third-order valence-corrected chi connectivity index (χ3v) is 12.6. The highest BCUT2D eigenvalue weighted by Crippen LogP contribution is 2.46. The SMILES string of the molecule is C#Cc1c(F)ccc2cc(O)cc(-c3nc4c5c(nc(OC[C@@]67CCCN6[C@H](COc6cc(C(F)(F)F)ncn6)CC7)nc5c3F)N3C[C@H]5CC[C@H](N5)[C@H]3CC4)c12. The van der Waals surface area contributed by atoms with Crippen molar-refractivity contribution in [3.8, 4) is 41.2 Å². The molecule has 4 saturated heterocycles. The second-order valence-electron chi connectivity index (χ2n) is 15.8. The van der Waals surface area contributed by atoms with Crippen LogP contribution in [0.1, 0.15) is 61.9 Å². The fraction of sp³-hybridized carbons (Fsp3) is 0.439. The van der Waals surface area contributed by atoms with Gasteiger partial charge in [-0.15, -0.1) is 6.42 Å². The lowest BCUT2D eigenvalue weighted by Crippen LogP contribution is -2.58. The number of halogens is 5. The van der Waals surface area contributed by atoms with Crippen molar-refractivity contribution in [2.45, 2.75) is 87.2 Å². The Balaban J connectivity index is 1.02. The number of aromatic nitrogens is 5. The number of hydrogen-bond acceptors (Lipinski definition) is 11. The maximum absolute atomic E-state index is 17.3. The average Bonchev–Trinajstić information content (AvgIpc) is 3.86. The smallest absolute Gasteiger partial charge is 0.433 e. The molecule has 5 atom stereocenters. The first-order valence-corrected chi connectivity index (χ1v) is 19.3. The number of rotatable bonds is 7. The number of nitrogens with one attached hydrogen (secondary N) is 1. The molecule has 0 unspecified atom stereocenters. The molecule has 3 aromatic heterocycles. The first-order chi connectivity index (χ1) is 27.5. The number of pyridine rings is 1. The summed E-state index contributed by atoms with van der Waals surface area (Å²) >= 11 is 0. The van der Waals surface area contributed by atoms with E-state index in [2.05, 4.69) is 31.0 Å². The van der Waals surface area contributed by atoms with Crippen molar-refractivity contribution < 1.29 is 36.5 Å². The van der Waals surface area contributed by atoms with Gasteiger partial charge in [0.05, 0.1) is 22.2 Å². The second kappa shape index (κ2) is 13.3. The van der Waals surface area contributed by atoms with Crippen LogP contribution in [-0.4, -0.2) is 90.9 Å². The summed E-state index contributed by atoms with van der Waals surface area (Å²) in [5, 5.41) is 15.7. The maximum atomic E-state index is 17.3. The monoisotopic (exact) mass is 784 g/mol. The van der Waals surface area contributed by atoms with Gasteiger partial charge in [-0.1, -0.05) is 12.0 Å². The summed E-state index contributed by atoms with van der Waals surface area (Å²) in [6, 6.07) is 6.76. The highest BCUT2D eigenvalue weighted by Gasteiger charge is 2.50. The van der Waals surface area contributed by atoms with Crippen molar-refractivity contribution in [3.05, 3.63) is 65.2 Å². The largest absolute Gasteiger partial charge is 0.508 e. The molecule has 11 nitrogen and oxygen atoms in total. The average molecular weight is 785 g/mol. The number of alkyl halides is 3. The molecule has 0 amide bonds. The number of nitrogens with zero attached hydrogens (tertiary/aromatic N) is 7. The van der Waals surface area contributed by atoms with E-state index in [1.807, 2.05) is 0 Å². The Labute approximate surface area is 323 Å². The molecule has 294 valence electrons. The van der Waals surface area contributed by atoms with Gasteiger partial charge in [0.1, 0.15) is 48.1 Å². The number of benzene rings is 2. The molecule has 0 aliphatic carbocycles. The lowest BCUT2D eigenvalue weighted by molar-refractivity contribution is -0.141. The molecule has 16 heteroatoms. The van der Waals surface area contributed by atoms with Gasteiger partial charge in [-0.2, -0.15) is 23.1 Å². The molecule has 0 spiro atoms. The number of aromatic hydroxyl groups is 1. The van der Waals surface area contributed by atoms with E-state index in [-0.39, 0.29) is 82.7 Å². The Hall–Kier alpha value is -5.40. The van der Waals surface area contributed by atoms with Gasteiger partial charge < -0.3 is 24.8 Å². The molecule has 8 heterocycles. The molecule has 57 heavy (non-hydrogen) atoms. The molecule has 5 aromatic rings. The van der Waals surface area contributed by atoms with Gasteiger partial charge in [-0.25, -0.2) is 23.7 Å². The zero-order valence-corrected chi connectivity index (χ0v) is 30.6. The van der Waals surface area contributed by atoms with Crippen LogP contribution in [0.25, 0.3) is 32.9 Å². The van der Waals surface area contributed by atoms with Gasteiger partial charge >= 0.3 is 12.2 Å². The van der Waals surface area contributed by atoms with Gasteiger partial charge in [-0.05, 0) is 81.5 Å². The van der Waals surface area contributed by atoms with E-state index in [1.165, 1.54) is 24.3 Å². The normalized spacial score (nSPS) is 25.4. The number of phenols is 1. The molecule has 5 aliphatic heterocycles. The third-order valence-electron chi connectivity index (χ3n) is 12.6. The van der Waals surface area contributed by atoms with Gasteiger partial charge in [0.25, 0.3) is 0 Å². The van der Waals surface area contributed by atoms with Crippen LogP contribution in [-0.2, 0) is 12.6 Å². The fourth-order valence-corrected chi connectivity index (χ4v) is 10.1. The van der Waals surface area contributed by atoms with E-state index >= 15 is 8.78 Å². The second-order valence-corrected chi connectivity index (χ2v) is 15.8. The fourth-order valence-electron chi connectivity index (χ4n) is 10.1. The number of hydrogen-bond donors (Lipinski definition) is 2. The van der Waals surface area contributed by atoms with E-state index < -0.39 is 29.0 Å². The van der Waals surface area contributed by atoms with Gasteiger partial charge in [0, 0.05) is 47.7 Å². The number of terminal acetylenes is 1. The molecule has 2 N–H and O–H groups in total. The maximum Gasteiger partial charge on any atom is 0.433 e. The van der Waals surface area contributed by atoms with Gasteiger partial charge in [0.15, 0.2) is 11.5 Å². The number of phenolic OH excluding ortho intramolecular Hbond substituents is 1. The lowest BCUT2D eigenvalue weighted by atomic mass is 9.95. The Morgan fingerprint density at radius 1 is 1.00 bits per heavy atom. The number of aryl methyl sites for hydroxylation is 1. The summed E-state index contributed by atoms with van der Waals surface area (Å²) in [6.07, 6.45) is 8.43. The Kier molecular flexibility index (Phi) is 8.42. The quantitative estimate of drug-likeness (QED) is 0.142. The first-order valence-electron chi connectivity index (χ1n) is 19.3. The van der Waals surface area contributed by atoms with Crippen LogP contribution in [0.15, 0.2) is 36.7 Å². The van der Waals surface area contributed by atoms with Crippen molar-refractivity contribution in [2.24, 2.45) is 0 Å². The van der Waals surface area contributed by atoms with Crippen LogP contribution in [0.5, 0.6) is 17.6 Å². The van der Waals surface area contributed by atoms with Gasteiger partial charge in [0.2, 0.25) is 5.88 Å². The summed E-state index contributed by atoms with van der Waals surface area (Å²) in [6.45, 7) is 1.76. The standard InChI is InChI=1S/C41H37F5N8O3/c1-2-25-27(42)6-4-21-14-24(55)15-26(33(21)25)36-35(43)37-34-29(50-36)8-9-30-28-7-5-22(49-28)17-53(30)38(34)52-39(51-37)57-19-40-11-3-13-54(40)23(10-12-40)18-56-32-16-31(41(44,45)46)47-20-48-32/h1,4,6,14-16,20,22-23,28,30,49,55H,3,5,7-13,17-19H2/t22-,23+,28+,30-,40+/m1/s1. The third kappa shape index (κ3) is 5.96. The van der Waals surface area contributed by atoms with Crippen molar-refractivity contribution in [1.82, 2.24) is 35.1 Å². The van der Waals surface area contributed by atoms with Crippen LogP contribution in [0.4, 0.5) is 27.8 Å². The van der Waals surface area contributed by atoms with Crippen LogP contribution in [0.3, 0.4) is 0 Å². The minimum atomic E-state index is -4.62. The summed E-state index contributed by atoms with van der Waals surface area (Å²) in [4.78, 5) is 26.4. The van der Waals surface area contributed by atoms with Crippen LogP contribution >= 0.6 is 0 Å². The molecule has 4 fully saturated rings. The molecule has 10 rings (SSSR count). The van der Waals surface area contributed by atoms with E-state index in [9.17, 15) is 18.3 Å². The molecule has 2 aromatic carbocycles. The van der Waals surface area contributed by atoms with Gasteiger partial charge in [-0.3, -0.25) is 4.90 Å². The Morgan fingerprint density at radius 2 is 1.88 bits per heavy atom. The predicted octanol–water partition coefficient (Wildman–Crippen LogP) is 6.33. The molecule has 2 bridgehead atoms. The van der Waals surface area contributed by atoms with E-state index in [4.69, 9.17) is 30.8 Å². The van der Waals surface area contributed by atoms with Crippen LogP contribution in [0.2, 0.25) is 0 Å². The number of anilines is 1. The van der Waals surface area contributed by atoms with Crippen molar-refractivity contribution in [2.75, 3.05) is 31.2 Å². The summed E-state index contributed by atoms with van der Waals surface area (Å²) in [5.74, 6) is 1.24. The van der Waals surface area contributed by atoms with Crippen molar-refractivity contribution in [1.29, 1.82) is 0 Å². The molecule has 5 aliphatic rings. The number of piperazine rings is 1. The zero-order chi connectivity index (χ0) is 39.2. The number of fused-ring (bicyclic) bond motifs is 7. The summed E-state index contributed by atoms with van der Waals surface area (Å²) in [7, 11) is 0. The van der Waals surface area contributed by atoms with E-state index in [1.54, 1.807) is 0 Å².